The van der Waals surface area contributed by atoms with Gasteiger partial charge in [-0.3, -0.25) is 9.69 Å². The summed E-state index contributed by atoms with van der Waals surface area (Å²) in [6.45, 7) is 4.01. The van der Waals surface area contributed by atoms with Crippen LogP contribution in [0.15, 0.2) is 18.2 Å². The van der Waals surface area contributed by atoms with E-state index in [0.717, 1.165) is 35.4 Å². The molecule has 2 bridgehead atoms. The molecule has 4 heteroatoms. The minimum Gasteiger partial charge on any atom is -0.398 e. The van der Waals surface area contributed by atoms with E-state index < -0.39 is 0 Å². The number of nitrogens with two attached hydrogens (primary N) is 1. The second-order valence-corrected chi connectivity index (χ2v) is 6.15. The molecule has 2 unspecified atom stereocenters. The van der Waals surface area contributed by atoms with Gasteiger partial charge in [-0.15, -0.1) is 0 Å². The van der Waals surface area contributed by atoms with Crippen molar-refractivity contribution in [1.82, 2.24) is 4.90 Å². The molecule has 1 saturated carbocycles. The summed E-state index contributed by atoms with van der Waals surface area (Å²) in [7, 11) is 0. The molecule has 4 nitrogen and oxygen atoms in total. The summed E-state index contributed by atoms with van der Waals surface area (Å²) in [6.07, 6.45) is 4.61. The highest BCUT2D eigenvalue weighted by molar-refractivity contribution is 5.92. The highest BCUT2D eigenvalue weighted by Gasteiger charge is 2.37. The second kappa shape index (κ2) is 5.44. The van der Waals surface area contributed by atoms with Crippen LogP contribution in [0.25, 0.3) is 0 Å². The first-order valence-electron chi connectivity index (χ1n) is 7.52. The lowest BCUT2D eigenvalue weighted by Gasteiger charge is -2.26. The van der Waals surface area contributed by atoms with Gasteiger partial charge in [-0.05, 0) is 49.8 Å². The van der Waals surface area contributed by atoms with Gasteiger partial charge in [-0.25, -0.2) is 0 Å². The van der Waals surface area contributed by atoms with Crippen molar-refractivity contribution in [2.24, 2.45) is 5.92 Å². The Morgan fingerprint density at radius 1 is 1.45 bits per heavy atom. The Balaban J connectivity index is 1.51. The molecule has 0 radical (unpaired) electrons. The van der Waals surface area contributed by atoms with E-state index in [4.69, 9.17) is 5.73 Å². The number of rotatable bonds is 4. The van der Waals surface area contributed by atoms with Crippen LogP contribution in [0.3, 0.4) is 0 Å². The van der Waals surface area contributed by atoms with Gasteiger partial charge in [-0.2, -0.15) is 0 Å². The number of anilines is 2. The molecular formula is C16H23N3O. The Morgan fingerprint density at radius 2 is 2.30 bits per heavy atom. The average Bonchev–Trinajstić information content (AvgIpc) is 3.04. The summed E-state index contributed by atoms with van der Waals surface area (Å²) in [5.41, 5.74) is 8.35. The van der Waals surface area contributed by atoms with Crippen LogP contribution < -0.4 is 11.1 Å². The molecule has 1 aromatic carbocycles. The number of hydrogen-bond donors (Lipinski definition) is 2. The van der Waals surface area contributed by atoms with Crippen molar-refractivity contribution in [3.8, 4) is 0 Å². The molecule has 2 aliphatic rings. The smallest absolute Gasteiger partial charge is 0.225 e. The molecule has 2 fully saturated rings. The van der Waals surface area contributed by atoms with Gasteiger partial charge < -0.3 is 11.1 Å². The van der Waals surface area contributed by atoms with Gasteiger partial charge in [0.25, 0.3) is 0 Å². The number of amides is 1. The summed E-state index contributed by atoms with van der Waals surface area (Å²) in [4.78, 5) is 14.5. The lowest BCUT2D eigenvalue weighted by molar-refractivity contribution is -0.116. The first-order valence-corrected chi connectivity index (χ1v) is 7.52. The van der Waals surface area contributed by atoms with Gasteiger partial charge in [0, 0.05) is 36.9 Å². The first-order chi connectivity index (χ1) is 9.63. The second-order valence-electron chi connectivity index (χ2n) is 6.15. The van der Waals surface area contributed by atoms with Crippen molar-refractivity contribution >= 4 is 17.3 Å². The van der Waals surface area contributed by atoms with E-state index in [1.54, 1.807) is 0 Å². The summed E-state index contributed by atoms with van der Waals surface area (Å²) in [6, 6.07) is 6.37. The van der Waals surface area contributed by atoms with Crippen molar-refractivity contribution in [3.63, 3.8) is 0 Å². The predicted octanol–water partition coefficient (Wildman–Crippen LogP) is 2.39. The fourth-order valence-electron chi connectivity index (χ4n) is 3.55. The van der Waals surface area contributed by atoms with Crippen molar-refractivity contribution < 1.29 is 4.79 Å². The number of nitrogens with zero attached hydrogens (tertiary/aromatic N) is 1. The Kier molecular flexibility index (Phi) is 3.66. The number of nitrogens with one attached hydrogen (secondary N) is 1. The van der Waals surface area contributed by atoms with Crippen LogP contribution in [-0.2, 0) is 4.79 Å². The third-order valence-electron chi connectivity index (χ3n) is 4.80. The molecule has 1 amide bonds. The molecule has 20 heavy (non-hydrogen) atoms. The van der Waals surface area contributed by atoms with Gasteiger partial charge in [0.2, 0.25) is 5.91 Å². The highest BCUT2D eigenvalue weighted by Crippen LogP contribution is 2.37. The number of carbonyl (C=O) groups is 1. The Bertz CT molecular complexity index is 514. The van der Waals surface area contributed by atoms with Crippen molar-refractivity contribution in [2.45, 2.75) is 38.6 Å². The van der Waals surface area contributed by atoms with Gasteiger partial charge in [0.1, 0.15) is 0 Å². The number of benzene rings is 1. The molecule has 1 aromatic rings. The van der Waals surface area contributed by atoms with Crippen molar-refractivity contribution in [2.75, 3.05) is 24.1 Å². The summed E-state index contributed by atoms with van der Waals surface area (Å²) < 4.78 is 0. The van der Waals surface area contributed by atoms with E-state index in [1.165, 1.54) is 25.8 Å². The maximum atomic E-state index is 12.1. The zero-order valence-corrected chi connectivity index (χ0v) is 12.1. The van der Waals surface area contributed by atoms with E-state index >= 15 is 0 Å². The van der Waals surface area contributed by atoms with Gasteiger partial charge >= 0.3 is 0 Å². The quantitative estimate of drug-likeness (QED) is 0.828. The number of piperidine rings is 1. The van der Waals surface area contributed by atoms with E-state index in [-0.39, 0.29) is 5.91 Å². The lowest BCUT2D eigenvalue weighted by Crippen LogP contribution is -2.34. The molecule has 108 valence electrons. The predicted molar refractivity (Wildman–Crippen MR) is 81.5 cm³/mol. The van der Waals surface area contributed by atoms with Crippen LogP contribution in [-0.4, -0.2) is 29.9 Å². The van der Waals surface area contributed by atoms with E-state index in [2.05, 4.69) is 10.2 Å². The lowest BCUT2D eigenvalue weighted by atomic mass is 10.1. The van der Waals surface area contributed by atoms with Crippen LogP contribution in [0.2, 0.25) is 0 Å². The number of hydrogen-bond acceptors (Lipinski definition) is 3. The molecule has 0 aromatic heterocycles. The third-order valence-corrected chi connectivity index (χ3v) is 4.80. The molecule has 1 heterocycles. The van der Waals surface area contributed by atoms with E-state index in [9.17, 15) is 4.79 Å². The van der Waals surface area contributed by atoms with Gasteiger partial charge in [0.15, 0.2) is 0 Å². The SMILES string of the molecule is Cc1c(N)cccc1NC(=O)CCN1CC2CCC1C2. The molecule has 1 aliphatic carbocycles. The summed E-state index contributed by atoms with van der Waals surface area (Å²) >= 11 is 0. The van der Waals surface area contributed by atoms with Gasteiger partial charge in [-0.1, -0.05) is 6.07 Å². The fraction of sp³-hybridized carbons (Fsp3) is 0.562. The molecule has 1 aliphatic heterocycles. The van der Waals surface area contributed by atoms with E-state index in [1.807, 2.05) is 25.1 Å². The van der Waals surface area contributed by atoms with Gasteiger partial charge in [0.05, 0.1) is 0 Å². The van der Waals surface area contributed by atoms with Crippen LogP contribution in [0.1, 0.15) is 31.2 Å². The molecule has 3 N–H and O–H groups in total. The standard InChI is InChI=1S/C16H23N3O/c1-11-14(17)3-2-4-15(11)18-16(20)7-8-19-10-12-5-6-13(19)9-12/h2-4,12-13H,5-10,17H2,1H3,(H,18,20). The number of carbonyl (C=O) groups excluding carboxylic acids is 1. The first kappa shape index (κ1) is 13.4. The highest BCUT2D eigenvalue weighted by atomic mass is 16.1. The normalized spacial score (nSPS) is 25.1. The zero-order valence-electron chi connectivity index (χ0n) is 12.1. The van der Waals surface area contributed by atoms with Crippen LogP contribution in [0.4, 0.5) is 11.4 Å². The molecule has 3 rings (SSSR count). The third kappa shape index (κ3) is 2.66. The largest absolute Gasteiger partial charge is 0.398 e. The van der Waals surface area contributed by atoms with Crippen LogP contribution >= 0.6 is 0 Å². The Hall–Kier alpha value is -1.55. The molecule has 0 spiro atoms. The Labute approximate surface area is 120 Å². The molecule has 1 saturated heterocycles. The van der Waals surface area contributed by atoms with Crippen molar-refractivity contribution in [1.29, 1.82) is 0 Å². The monoisotopic (exact) mass is 273 g/mol. The summed E-state index contributed by atoms with van der Waals surface area (Å²) in [5.74, 6) is 0.973. The number of nitrogen functional groups attached to an aromatic ring is 1. The maximum absolute atomic E-state index is 12.1. The number of fused-ring (bicyclic) bond motifs is 2. The van der Waals surface area contributed by atoms with Crippen molar-refractivity contribution in [3.05, 3.63) is 23.8 Å². The minimum atomic E-state index is 0.0847. The van der Waals surface area contributed by atoms with E-state index in [0.29, 0.717) is 6.42 Å². The van der Waals surface area contributed by atoms with Crippen LogP contribution in [0, 0.1) is 12.8 Å². The summed E-state index contributed by atoms with van der Waals surface area (Å²) in [5, 5.41) is 2.97. The molecule has 2 atom stereocenters. The Morgan fingerprint density at radius 3 is 3.00 bits per heavy atom. The zero-order chi connectivity index (χ0) is 14.1. The maximum Gasteiger partial charge on any atom is 0.225 e. The number of likely N-dealkylation sites (tertiary alicyclic amines) is 1. The van der Waals surface area contributed by atoms with Crippen LogP contribution in [0.5, 0.6) is 0 Å². The topological polar surface area (TPSA) is 58.4 Å². The molecular weight excluding hydrogens is 250 g/mol. The average molecular weight is 273 g/mol. The minimum absolute atomic E-state index is 0.0847. The fourth-order valence-corrected chi connectivity index (χ4v) is 3.55.